The van der Waals surface area contributed by atoms with E-state index in [0.29, 0.717) is 5.69 Å². The molecule has 1 N–H and O–H groups in total. The number of esters is 1. The van der Waals surface area contributed by atoms with Crippen LogP contribution in [0.4, 0.5) is 0 Å². The smallest absolute Gasteiger partial charge is 0.357 e. The highest BCUT2D eigenvalue weighted by molar-refractivity contribution is 9.10. The number of halogens is 1. The molecule has 138 valence electrons. The van der Waals surface area contributed by atoms with E-state index >= 15 is 0 Å². The molecule has 0 spiro atoms. The van der Waals surface area contributed by atoms with Crippen LogP contribution in [0.25, 0.3) is 11.3 Å². The van der Waals surface area contributed by atoms with E-state index in [9.17, 15) is 9.59 Å². The minimum Gasteiger partial charge on any atom is -0.448 e. The van der Waals surface area contributed by atoms with E-state index in [1.54, 1.807) is 17.9 Å². The highest BCUT2D eigenvalue weighted by Gasteiger charge is 2.25. The molecule has 2 aromatic rings. The molecule has 1 aliphatic heterocycles. The van der Waals surface area contributed by atoms with Gasteiger partial charge in [-0.2, -0.15) is 5.10 Å². The number of ether oxygens (including phenoxy) is 1. The van der Waals surface area contributed by atoms with Crippen LogP contribution in [-0.4, -0.2) is 46.2 Å². The number of nitrogens with one attached hydrogen (secondary N) is 1. The van der Waals surface area contributed by atoms with Crippen LogP contribution >= 0.6 is 15.9 Å². The first-order valence-electron chi connectivity index (χ1n) is 8.86. The number of likely N-dealkylation sites (tertiary alicyclic amines) is 1. The normalized spacial score (nSPS) is 16.0. The van der Waals surface area contributed by atoms with E-state index < -0.39 is 12.1 Å². The lowest BCUT2D eigenvalue weighted by Gasteiger charge is -2.23. The average Bonchev–Trinajstić information content (AvgIpc) is 2.97. The van der Waals surface area contributed by atoms with E-state index in [1.807, 2.05) is 24.3 Å². The molecule has 1 amide bonds. The van der Waals surface area contributed by atoms with Crippen molar-refractivity contribution >= 4 is 27.8 Å². The summed E-state index contributed by atoms with van der Waals surface area (Å²) in [4.78, 5) is 26.6. The van der Waals surface area contributed by atoms with Crippen molar-refractivity contribution in [2.45, 2.75) is 38.7 Å². The fourth-order valence-electron chi connectivity index (χ4n) is 3.02. The Kier molecular flexibility index (Phi) is 6.08. The Balaban J connectivity index is 1.62. The predicted molar refractivity (Wildman–Crippen MR) is 102 cm³/mol. The summed E-state index contributed by atoms with van der Waals surface area (Å²) in [6.07, 6.45) is 3.49. The third-order valence-electron chi connectivity index (χ3n) is 4.49. The standard InChI is InChI=1S/C19H22BrN3O3/c1-13(18(24)23-10-4-2-3-5-11-23)26-19(25)17-12-16(21-22-17)14-6-8-15(20)9-7-14/h6-9,12-13H,2-5,10-11H2,1H3,(H,21,22). The Morgan fingerprint density at radius 3 is 2.46 bits per heavy atom. The van der Waals surface area contributed by atoms with Gasteiger partial charge in [-0.15, -0.1) is 0 Å². The quantitative estimate of drug-likeness (QED) is 0.764. The zero-order chi connectivity index (χ0) is 18.5. The second kappa shape index (κ2) is 8.49. The van der Waals surface area contributed by atoms with Gasteiger partial charge in [-0.05, 0) is 38.0 Å². The molecule has 0 bridgehead atoms. The number of rotatable bonds is 4. The van der Waals surface area contributed by atoms with Crippen molar-refractivity contribution in [1.29, 1.82) is 0 Å². The number of hydrogen-bond acceptors (Lipinski definition) is 4. The van der Waals surface area contributed by atoms with Crippen molar-refractivity contribution < 1.29 is 14.3 Å². The van der Waals surface area contributed by atoms with Gasteiger partial charge in [-0.25, -0.2) is 4.79 Å². The van der Waals surface area contributed by atoms with Crippen LogP contribution in [0.15, 0.2) is 34.8 Å². The minimum absolute atomic E-state index is 0.132. The topological polar surface area (TPSA) is 75.3 Å². The molecule has 1 atom stereocenters. The summed E-state index contributed by atoms with van der Waals surface area (Å²) in [5, 5.41) is 6.85. The molecule has 7 heteroatoms. The first-order valence-corrected chi connectivity index (χ1v) is 9.65. The summed E-state index contributed by atoms with van der Waals surface area (Å²) < 4.78 is 6.32. The molecule has 1 aliphatic rings. The fraction of sp³-hybridized carbons (Fsp3) is 0.421. The Morgan fingerprint density at radius 2 is 1.81 bits per heavy atom. The van der Waals surface area contributed by atoms with Gasteiger partial charge in [0.05, 0.1) is 5.69 Å². The molecule has 6 nitrogen and oxygen atoms in total. The lowest BCUT2D eigenvalue weighted by molar-refractivity contribution is -0.139. The van der Waals surface area contributed by atoms with E-state index in [1.165, 1.54) is 0 Å². The summed E-state index contributed by atoms with van der Waals surface area (Å²) in [7, 11) is 0. The molecule has 1 saturated heterocycles. The van der Waals surface area contributed by atoms with Crippen molar-refractivity contribution in [3.63, 3.8) is 0 Å². The van der Waals surface area contributed by atoms with E-state index in [0.717, 1.165) is 48.8 Å². The molecule has 0 radical (unpaired) electrons. The monoisotopic (exact) mass is 419 g/mol. The molecule has 1 aromatic carbocycles. The van der Waals surface area contributed by atoms with Gasteiger partial charge in [0.15, 0.2) is 6.10 Å². The SMILES string of the molecule is CC(OC(=O)c1cc(-c2ccc(Br)cc2)n[nH]1)C(=O)N1CCCCCC1. The third-order valence-corrected chi connectivity index (χ3v) is 5.02. The molecule has 0 aliphatic carbocycles. The van der Waals surface area contributed by atoms with E-state index in [-0.39, 0.29) is 11.6 Å². The third kappa shape index (κ3) is 4.52. The lowest BCUT2D eigenvalue weighted by Crippen LogP contribution is -2.40. The van der Waals surface area contributed by atoms with Gasteiger partial charge in [0.1, 0.15) is 5.69 Å². The van der Waals surface area contributed by atoms with Crippen molar-refractivity contribution in [3.8, 4) is 11.3 Å². The number of amides is 1. The van der Waals surface area contributed by atoms with Crippen molar-refractivity contribution in [1.82, 2.24) is 15.1 Å². The highest BCUT2D eigenvalue weighted by Crippen LogP contribution is 2.21. The van der Waals surface area contributed by atoms with Gasteiger partial charge >= 0.3 is 5.97 Å². The van der Waals surface area contributed by atoms with Crippen LogP contribution in [0.2, 0.25) is 0 Å². The van der Waals surface area contributed by atoms with Crippen molar-refractivity contribution in [2.75, 3.05) is 13.1 Å². The van der Waals surface area contributed by atoms with Gasteiger partial charge in [0.2, 0.25) is 0 Å². The van der Waals surface area contributed by atoms with Crippen LogP contribution in [0.1, 0.15) is 43.1 Å². The number of carbonyl (C=O) groups excluding carboxylic acids is 2. The number of nitrogens with zero attached hydrogens (tertiary/aromatic N) is 2. The maximum atomic E-state index is 12.5. The largest absolute Gasteiger partial charge is 0.448 e. The van der Waals surface area contributed by atoms with Gasteiger partial charge in [0.25, 0.3) is 5.91 Å². The molecular formula is C19H22BrN3O3. The second-order valence-corrected chi connectivity index (χ2v) is 7.38. The van der Waals surface area contributed by atoms with E-state index in [2.05, 4.69) is 26.1 Å². The van der Waals surface area contributed by atoms with E-state index in [4.69, 9.17) is 4.74 Å². The second-order valence-electron chi connectivity index (χ2n) is 6.46. The van der Waals surface area contributed by atoms with Crippen LogP contribution < -0.4 is 0 Å². The fourth-order valence-corrected chi connectivity index (χ4v) is 3.28. The average molecular weight is 420 g/mol. The van der Waals surface area contributed by atoms with Crippen LogP contribution in [0, 0.1) is 0 Å². The number of benzene rings is 1. The summed E-state index contributed by atoms with van der Waals surface area (Å²) in [6.45, 7) is 3.09. The lowest BCUT2D eigenvalue weighted by atomic mass is 10.1. The number of aromatic amines is 1. The number of aromatic nitrogens is 2. The van der Waals surface area contributed by atoms with Gasteiger partial charge in [-0.3, -0.25) is 9.89 Å². The zero-order valence-electron chi connectivity index (χ0n) is 14.7. The molecule has 26 heavy (non-hydrogen) atoms. The molecule has 1 fully saturated rings. The zero-order valence-corrected chi connectivity index (χ0v) is 16.3. The molecule has 1 aromatic heterocycles. The predicted octanol–water partition coefficient (Wildman–Crippen LogP) is 3.79. The summed E-state index contributed by atoms with van der Waals surface area (Å²) in [5.41, 5.74) is 1.77. The summed E-state index contributed by atoms with van der Waals surface area (Å²) >= 11 is 3.39. The first-order chi connectivity index (χ1) is 12.5. The Hall–Kier alpha value is -2.15. The minimum atomic E-state index is -0.806. The van der Waals surface area contributed by atoms with Gasteiger partial charge in [-0.1, -0.05) is 40.9 Å². The molecule has 1 unspecified atom stereocenters. The van der Waals surface area contributed by atoms with Crippen molar-refractivity contribution in [3.05, 3.63) is 40.5 Å². The number of hydrogen-bond donors (Lipinski definition) is 1. The number of H-pyrrole nitrogens is 1. The molecule has 0 saturated carbocycles. The molecule has 3 rings (SSSR count). The maximum absolute atomic E-state index is 12.5. The van der Waals surface area contributed by atoms with Crippen LogP contribution in [0.3, 0.4) is 0 Å². The Bertz CT molecular complexity index is 765. The molecule has 2 heterocycles. The Morgan fingerprint density at radius 1 is 1.15 bits per heavy atom. The highest BCUT2D eigenvalue weighted by atomic mass is 79.9. The molecular weight excluding hydrogens is 398 g/mol. The number of carbonyl (C=O) groups is 2. The first kappa shape index (κ1) is 18.6. The van der Waals surface area contributed by atoms with Gasteiger partial charge in [0, 0.05) is 23.1 Å². The van der Waals surface area contributed by atoms with Crippen LogP contribution in [-0.2, 0) is 9.53 Å². The summed E-state index contributed by atoms with van der Waals surface area (Å²) in [6, 6.07) is 9.25. The maximum Gasteiger partial charge on any atom is 0.357 e. The Labute approximate surface area is 161 Å². The van der Waals surface area contributed by atoms with Crippen LogP contribution in [0.5, 0.6) is 0 Å². The summed E-state index contributed by atoms with van der Waals surface area (Å²) in [5.74, 6) is -0.704. The van der Waals surface area contributed by atoms with Gasteiger partial charge < -0.3 is 9.64 Å². The van der Waals surface area contributed by atoms with Crippen molar-refractivity contribution in [2.24, 2.45) is 0 Å².